The maximum atomic E-state index is 11.9. The molecule has 0 radical (unpaired) electrons. The maximum Gasteiger partial charge on any atom is 0.239 e. The molecule has 0 fully saturated rings. The van der Waals surface area contributed by atoms with Crippen molar-refractivity contribution < 1.29 is 9.53 Å². The molecular formula is C19H32N4O2. The Bertz CT molecular complexity index is 592. The number of aryl methyl sites for hydroxylation is 1. The summed E-state index contributed by atoms with van der Waals surface area (Å²) in [4.78, 5) is 16.5. The third-order valence-corrected chi connectivity index (χ3v) is 3.21. The van der Waals surface area contributed by atoms with Gasteiger partial charge in [0.05, 0.1) is 19.7 Å². The molecule has 0 aromatic heterocycles. The van der Waals surface area contributed by atoms with Crippen molar-refractivity contribution in [3.05, 3.63) is 29.3 Å². The number of carbonyl (C=O) groups is 1. The van der Waals surface area contributed by atoms with E-state index in [1.165, 1.54) is 0 Å². The first kappa shape index (κ1) is 20.8. The Morgan fingerprint density at radius 3 is 2.52 bits per heavy atom. The van der Waals surface area contributed by atoms with Crippen molar-refractivity contribution >= 4 is 11.9 Å². The van der Waals surface area contributed by atoms with E-state index in [1.54, 1.807) is 0 Å². The van der Waals surface area contributed by atoms with Crippen molar-refractivity contribution in [1.82, 2.24) is 16.0 Å². The van der Waals surface area contributed by atoms with Gasteiger partial charge in [-0.05, 0) is 53.2 Å². The first-order valence-corrected chi connectivity index (χ1v) is 8.80. The first-order valence-electron chi connectivity index (χ1n) is 8.80. The van der Waals surface area contributed by atoms with Crippen molar-refractivity contribution in [3.63, 3.8) is 0 Å². The van der Waals surface area contributed by atoms with E-state index < -0.39 is 0 Å². The average Bonchev–Trinajstić information content (AvgIpc) is 2.50. The number of nitrogens with one attached hydrogen (secondary N) is 3. The van der Waals surface area contributed by atoms with Crippen LogP contribution >= 0.6 is 0 Å². The van der Waals surface area contributed by atoms with Crippen LogP contribution in [0.4, 0.5) is 0 Å². The Hall–Kier alpha value is -2.24. The first-order chi connectivity index (χ1) is 11.7. The van der Waals surface area contributed by atoms with Crippen molar-refractivity contribution in [1.29, 1.82) is 0 Å². The molecule has 140 valence electrons. The Morgan fingerprint density at radius 2 is 1.92 bits per heavy atom. The minimum Gasteiger partial charge on any atom is -0.494 e. The molecule has 0 saturated carbocycles. The smallest absolute Gasteiger partial charge is 0.239 e. The fourth-order valence-corrected chi connectivity index (χ4v) is 2.21. The predicted octanol–water partition coefficient (Wildman–Crippen LogP) is 2.36. The summed E-state index contributed by atoms with van der Waals surface area (Å²) in [5.41, 5.74) is 1.92. The summed E-state index contributed by atoms with van der Waals surface area (Å²) in [6, 6.07) is 6.09. The van der Waals surface area contributed by atoms with E-state index in [4.69, 9.17) is 4.74 Å². The lowest BCUT2D eigenvalue weighted by molar-refractivity contribution is -0.121. The van der Waals surface area contributed by atoms with E-state index in [1.807, 2.05) is 59.7 Å². The van der Waals surface area contributed by atoms with E-state index in [0.29, 0.717) is 19.1 Å². The third kappa shape index (κ3) is 8.42. The molecule has 0 aliphatic heterocycles. The van der Waals surface area contributed by atoms with Gasteiger partial charge in [0.15, 0.2) is 5.96 Å². The molecule has 1 amide bonds. The standard InChI is InChI=1S/C19H32N4O2/c1-7-20-18(22-13-17(24)23-19(4,5)6)21-12-15-10-9-14(3)11-16(15)25-8-2/h9-11H,7-8,12-13H2,1-6H3,(H,23,24)(H2,20,21,22). The molecule has 0 spiro atoms. The van der Waals surface area contributed by atoms with Crippen molar-refractivity contribution in [3.8, 4) is 5.75 Å². The number of aliphatic imine (C=N–C) groups is 1. The van der Waals surface area contributed by atoms with Gasteiger partial charge in [-0.1, -0.05) is 12.1 Å². The summed E-state index contributed by atoms with van der Waals surface area (Å²) >= 11 is 0. The second-order valence-electron chi connectivity index (χ2n) is 6.89. The van der Waals surface area contributed by atoms with Crippen LogP contribution in [0.5, 0.6) is 5.75 Å². The van der Waals surface area contributed by atoms with Crippen LogP contribution in [-0.2, 0) is 11.3 Å². The highest BCUT2D eigenvalue weighted by atomic mass is 16.5. The van der Waals surface area contributed by atoms with Crippen molar-refractivity contribution in [2.24, 2.45) is 4.99 Å². The normalized spacial score (nSPS) is 11.8. The molecule has 0 saturated heterocycles. The van der Waals surface area contributed by atoms with E-state index in [2.05, 4.69) is 20.9 Å². The molecule has 0 unspecified atom stereocenters. The van der Waals surface area contributed by atoms with Crippen LogP contribution in [0.3, 0.4) is 0 Å². The molecule has 0 aliphatic rings. The number of guanidine groups is 1. The number of rotatable bonds is 7. The zero-order valence-electron chi connectivity index (χ0n) is 16.3. The van der Waals surface area contributed by atoms with Gasteiger partial charge in [-0.15, -0.1) is 0 Å². The second kappa shape index (κ2) is 9.91. The van der Waals surface area contributed by atoms with Crippen LogP contribution < -0.4 is 20.7 Å². The quantitative estimate of drug-likeness (QED) is 0.522. The van der Waals surface area contributed by atoms with Gasteiger partial charge in [0.2, 0.25) is 5.91 Å². The number of ether oxygens (including phenoxy) is 1. The van der Waals surface area contributed by atoms with E-state index in [0.717, 1.165) is 23.4 Å². The van der Waals surface area contributed by atoms with Crippen LogP contribution in [0.2, 0.25) is 0 Å². The lowest BCUT2D eigenvalue weighted by atomic mass is 10.1. The number of amides is 1. The Balaban J connectivity index is 2.74. The number of hydrogen-bond acceptors (Lipinski definition) is 3. The van der Waals surface area contributed by atoms with Crippen molar-refractivity contribution in [2.75, 3.05) is 19.7 Å². The fraction of sp³-hybridized carbons (Fsp3) is 0.579. The molecule has 6 heteroatoms. The topological polar surface area (TPSA) is 74.8 Å². The zero-order valence-corrected chi connectivity index (χ0v) is 16.3. The fourth-order valence-electron chi connectivity index (χ4n) is 2.21. The van der Waals surface area contributed by atoms with Crippen molar-refractivity contribution in [2.45, 2.75) is 53.6 Å². The SMILES string of the molecule is CCNC(=NCc1ccc(C)cc1OCC)NCC(=O)NC(C)(C)C. The van der Waals surface area contributed by atoms with E-state index in [-0.39, 0.29) is 18.0 Å². The molecule has 6 nitrogen and oxygen atoms in total. The highest BCUT2D eigenvalue weighted by Gasteiger charge is 2.13. The molecule has 1 rings (SSSR count). The summed E-state index contributed by atoms with van der Waals surface area (Å²) in [7, 11) is 0. The van der Waals surface area contributed by atoms with Gasteiger partial charge < -0.3 is 20.7 Å². The Kier molecular flexibility index (Phi) is 8.25. The van der Waals surface area contributed by atoms with Crippen LogP contribution in [0.1, 0.15) is 45.7 Å². The molecule has 0 atom stereocenters. The summed E-state index contributed by atoms with van der Waals surface area (Å²) in [5, 5.41) is 9.13. The monoisotopic (exact) mass is 348 g/mol. The molecule has 1 aromatic rings. The van der Waals surface area contributed by atoms with Crippen LogP contribution in [0, 0.1) is 6.92 Å². The summed E-state index contributed by atoms with van der Waals surface area (Å²) < 4.78 is 5.69. The molecule has 0 aliphatic carbocycles. The van der Waals surface area contributed by atoms with Gasteiger partial charge in [-0.2, -0.15) is 0 Å². The summed E-state index contributed by atoms with van der Waals surface area (Å²) in [6.45, 7) is 13.9. The third-order valence-electron chi connectivity index (χ3n) is 3.21. The molecule has 1 aromatic carbocycles. The van der Waals surface area contributed by atoms with Gasteiger partial charge in [-0.3, -0.25) is 4.79 Å². The Labute approximate surface area is 151 Å². The number of nitrogens with zero attached hydrogens (tertiary/aromatic N) is 1. The predicted molar refractivity (Wildman–Crippen MR) is 103 cm³/mol. The lowest BCUT2D eigenvalue weighted by Crippen LogP contribution is -2.48. The minimum absolute atomic E-state index is 0.0663. The van der Waals surface area contributed by atoms with Gasteiger partial charge in [0.25, 0.3) is 0 Å². The van der Waals surface area contributed by atoms with Crippen LogP contribution in [0.25, 0.3) is 0 Å². The lowest BCUT2D eigenvalue weighted by Gasteiger charge is -2.21. The molecule has 3 N–H and O–H groups in total. The van der Waals surface area contributed by atoms with Gasteiger partial charge in [0, 0.05) is 17.6 Å². The zero-order chi connectivity index (χ0) is 18.9. The highest BCUT2D eigenvalue weighted by Crippen LogP contribution is 2.21. The molecular weight excluding hydrogens is 316 g/mol. The molecule has 0 heterocycles. The molecule has 0 bridgehead atoms. The second-order valence-corrected chi connectivity index (χ2v) is 6.89. The Morgan fingerprint density at radius 1 is 1.20 bits per heavy atom. The van der Waals surface area contributed by atoms with Crippen LogP contribution in [0.15, 0.2) is 23.2 Å². The minimum atomic E-state index is -0.247. The molecule has 25 heavy (non-hydrogen) atoms. The largest absolute Gasteiger partial charge is 0.494 e. The van der Waals surface area contributed by atoms with Crippen LogP contribution in [-0.4, -0.2) is 37.1 Å². The van der Waals surface area contributed by atoms with Gasteiger partial charge in [-0.25, -0.2) is 4.99 Å². The number of hydrogen-bond donors (Lipinski definition) is 3. The summed E-state index contributed by atoms with van der Waals surface area (Å²) in [6.07, 6.45) is 0. The number of carbonyl (C=O) groups excluding carboxylic acids is 1. The number of benzene rings is 1. The highest BCUT2D eigenvalue weighted by molar-refractivity contribution is 5.86. The summed E-state index contributed by atoms with van der Waals surface area (Å²) in [5.74, 6) is 1.39. The van der Waals surface area contributed by atoms with E-state index >= 15 is 0 Å². The van der Waals surface area contributed by atoms with Gasteiger partial charge in [0.1, 0.15) is 5.75 Å². The maximum absolute atomic E-state index is 11.9. The van der Waals surface area contributed by atoms with E-state index in [9.17, 15) is 4.79 Å². The van der Waals surface area contributed by atoms with Gasteiger partial charge >= 0.3 is 0 Å². The average molecular weight is 348 g/mol.